The van der Waals surface area contributed by atoms with Gasteiger partial charge in [-0.1, -0.05) is 44.7 Å². The van der Waals surface area contributed by atoms with Gasteiger partial charge >= 0.3 is 0 Å². The lowest BCUT2D eigenvalue weighted by Crippen LogP contribution is -2.59. The molecule has 0 radical (unpaired) electrons. The van der Waals surface area contributed by atoms with Crippen molar-refractivity contribution in [3.63, 3.8) is 0 Å². The number of carbonyl (C=O) groups excluding carboxylic acids is 5. The minimum atomic E-state index is -1.29. The van der Waals surface area contributed by atoms with Crippen LogP contribution in [0.1, 0.15) is 45.1 Å². The van der Waals surface area contributed by atoms with Crippen LogP contribution in [-0.2, 0) is 36.9 Å². The molecule has 5 amide bonds. The Morgan fingerprint density at radius 2 is 1.67 bits per heavy atom. The normalized spacial score (nSPS) is 21.2. The molecule has 0 aliphatic carbocycles. The zero-order valence-corrected chi connectivity index (χ0v) is 29.2. The smallest absolute Gasteiger partial charge is 0.286 e. The molecule has 270 valence electrons. The molecular formula is C37H47N8O6+. The summed E-state index contributed by atoms with van der Waals surface area (Å²) < 4.78 is 4.12. The van der Waals surface area contributed by atoms with E-state index in [1.54, 1.807) is 20.0 Å². The lowest BCUT2D eigenvalue weighted by Gasteiger charge is -2.34. The molecule has 4 unspecified atom stereocenters. The van der Waals surface area contributed by atoms with Crippen molar-refractivity contribution in [1.82, 2.24) is 35.7 Å². The van der Waals surface area contributed by atoms with Crippen molar-refractivity contribution in [2.75, 3.05) is 13.6 Å². The van der Waals surface area contributed by atoms with E-state index in [2.05, 4.69) is 37.4 Å². The zero-order chi connectivity index (χ0) is 36.7. The molecule has 1 aliphatic heterocycles. The number of para-hydroxylation sites is 1. The number of amides is 5. The Kier molecular flexibility index (Phi) is 11.7. The van der Waals surface area contributed by atoms with Crippen molar-refractivity contribution in [1.29, 1.82) is 0 Å². The van der Waals surface area contributed by atoms with Crippen molar-refractivity contribution < 1.29 is 33.5 Å². The number of imidazole rings is 1. The lowest BCUT2D eigenvalue weighted by atomic mass is 9.98. The summed E-state index contributed by atoms with van der Waals surface area (Å²) in [6, 6.07) is 9.04. The minimum absolute atomic E-state index is 0.0734. The molecular weight excluding hydrogens is 652 g/mol. The van der Waals surface area contributed by atoms with Gasteiger partial charge in [0, 0.05) is 43.1 Å². The van der Waals surface area contributed by atoms with Crippen molar-refractivity contribution in [2.24, 2.45) is 5.92 Å². The number of carbonyl (C=O) groups is 5. The van der Waals surface area contributed by atoms with Gasteiger partial charge in [0.15, 0.2) is 0 Å². The number of H-pyrrole nitrogens is 1. The number of aromatic nitrogens is 3. The second kappa shape index (κ2) is 16.4. The van der Waals surface area contributed by atoms with Gasteiger partial charge < -0.3 is 36.3 Å². The number of benzene rings is 1. The van der Waals surface area contributed by atoms with Gasteiger partial charge in [0.2, 0.25) is 29.5 Å². The molecule has 1 saturated heterocycles. The van der Waals surface area contributed by atoms with E-state index in [1.807, 2.05) is 65.5 Å². The second-order valence-electron chi connectivity index (χ2n) is 13.4. The maximum absolute atomic E-state index is 14.3. The summed E-state index contributed by atoms with van der Waals surface area (Å²) in [6.45, 7) is 7.28. The van der Waals surface area contributed by atoms with Crippen LogP contribution in [0.3, 0.4) is 0 Å². The number of nitrogens with one attached hydrogen (secondary N) is 5. The SMILES string of the molecule is C=C(O)CC1NC(=O)CNC(=O)C(CCCCn2cc[n+]3ccccc23)NC(=O)C(C(C)C)N(C)C(=O)C(Cc2c[nH]c3ccccc23)NC1=O. The predicted octanol–water partition coefficient (Wildman–Crippen LogP) is 1.65. The first-order valence-corrected chi connectivity index (χ1v) is 17.2. The van der Waals surface area contributed by atoms with Crippen LogP contribution in [0.25, 0.3) is 16.6 Å². The molecule has 3 aromatic heterocycles. The van der Waals surface area contributed by atoms with E-state index in [0.29, 0.717) is 19.4 Å². The quantitative estimate of drug-likeness (QED) is 0.0832. The molecule has 4 aromatic rings. The maximum atomic E-state index is 14.3. The third-order valence-corrected chi connectivity index (χ3v) is 9.24. The number of aryl methyl sites for hydroxylation is 1. The summed E-state index contributed by atoms with van der Waals surface area (Å²) in [7, 11) is 1.50. The number of fused-ring (bicyclic) bond motifs is 2. The minimum Gasteiger partial charge on any atom is -0.513 e. The molecule has 0 bridgehead atoms. The van der Waals surface area contributed by atoms with Crippen LogP contribution in [0.4, 0.5) is 0 Å². The van der Waals surface area contributed by atoms with Crippen molar-refractivity contribution >= 4 is 46.1 Å². The van der Waals surface area contributed by atoms with E-state index in [0.717, 1.165) is 22.1 Å². The van der Waals surface area contributed by atoms with Crippen molar-refractivity contribution in [2.45, 2.75) is 76.7 Å². The Hall–Kier alpha value is -5.66. The number of likely N-dealkylation sites (N-methyl/N-ethyl adjacent to an activating group) is 1. The number of pyridine rings is 1. The van der Waals surface area contributed by atoms with Crippen LogP contribution in [0.5, 0.6) is 0 Å². The van der Waals surface area contributed by atoms with Crippen LogP contribution >= 0.6 is 0 Å². The van der Waals surface area contributed by atoms with Crippen LogP contribution in [0.15, 0.2) is 79.6 Å². The summed E-state index contributed by atoms with van der Waals surface area (Å²) in [5.41, 5.74) is 2.63. The number of hydrogen-bond donors (Lipinski definition) is 6. The molecule has 0 saturated carbocycles. The largest absolute Gasteiger partial charge is 0.513 e. The molecule has 1 aromatic carbocycles. The Bertz CT molecular complexity index is 1910. The van der Waals surface area contributed by atoms with Gasteiger partial charge in [-0.2, -0.15) is 0 Å². The van der Waals surface area contributed by atoms with Gasteiger partial charge in [-0.15, -0.1) is 0 Å². The summed E-state index contributed by atoms with van der Waals surface area (Å²) in [4.78, 5) is 72.9. The molecule has 14 nitrogen and oxygen atoms in total. The van der Waals surface area contributed by atoms with Crippen molar-refractivity contribution in [3.05, 3.63) is 85.2 Å². The first-order chi connectivity index (χ1) is 24.4. The van der Waals surface area contributed by atoms with Gasteiger partial charge in [-0.05, 0) is 42.9 Å². The third kappa shape index (κ3) is 8.93. The van der Waals surface area contributed by atoms with Gasteiger partial charge in [0.1, 0.15) is 36.6 Å². The molecule has 4 heterocycles. The predicted molar refractivity (Wildman–Crippen MR) is 190 cm³/mol. The highest BCUT2D eigenvalue weighted by molar-refractivity contribution is 5.97. The average molecular weight is 700 g/mol. The second-order valence-corrected chi connectivity index (χ2v) is 13.4. The third-order valence-electron chi connectivity index (χ3n) is 9.24. The highest BCUT2D eigenvalue weighted by atomic mass is 16.3. The molecule has 5 rings (SSSR count). The average Bonchev–Trinajstić information content (AvgIpc) is 3.70. The Morgan fingerprint density at radius 1 is 0.922 bits per heavy atom. The monoisotopic (exact) mass is 699 g/mol. The Balaban J connectivity index is 1.40. The van der Waals surface area contributed by atoms with E-state index in [9.17, 15) is 29.1 Å². The van der Waals surface area contributed by atoms with Crippen molar-refractivity contribution in [3.8, 4) is 0 Å². The first kappa shape index (κ1) is 36.6. The zero-order valence-electron chi connectivity index (χ0n) is 29.2. The molecule has 14 heteroatoms. The summed E-state index contributed by atoms with van der Waals surface area (Å²) in [5.74, 6) is -3.78. The fraction of sp³-hybridized carbons (Fsp3) is 0.405. The summed E-state index contributed by atoms with van der Waals surface area (Å²) in [5, 5.41) is 21.6. The van der Waals surface area contributed by atoms with Gasteiger partial charge in [-0.25, -0.2) is 8.97 Å². The molecule has 51 heavy (non-hydrogen) atoms. The van der Waals surface area contributed by atoms with E-state index < -0.39 is 60.2 Å². The highest BCUT2D eigenvalue weighted by Gasteiger charge is 2.37. The van der Waals surface area contributed by atoms with E-state index in [1.165, 1.54) is 11.9 Å². The van der Waals surface area contributed by atoms with Crippen LogP contribution in [0, 0.1) is 5.92 Å². The number of aliphatic hydroxyl groups excluding tert-OH is 1. The van der Waals surface area contributed by atoms with Gasteiger partial charge in [0.05, 0.1) is 25.0 Å². The fourth-order valence-electron chi connectivity index (χ4n) is 6.67. The summed E-state index contributed by atoms with van der Waals surface area (Å²) >= 11 is 0. The number of rotatable bonds is 10. The van der Waals surface area contributed by atoms with E-state index in [4.69, 9.17) is 0 Å². The molecule has 0 spiro atoms. The van der Waals surface area contributed by atoms with Gasteiger partial charge in [-0.3, -0.25) is 24.0 Å². The Labute approximate surface area is 296 Å². The Morgan fingerprint density at radius 3 is 2.43 bits per heavy atom. The fourth-order valence-corrected chi connectivity index (χ4v) is 6.67. The molecule has 4 atom stereocenters. The van der Waals surface area contributed by atoms with E-state index >= 15 is 0 Å². The molecule has 1 fully saturated rings. The number of aliphatic hydroxyl groups is 1. The standard InChI is InChI=1S/C37H46N8O6/c1-23(2)33-36(50)41-28(13-7-9-15-44-17-18-45-16-10-8-14-32(44)45)34(48)39-22-31(47)40-29(19-24(3)46)35(49)42-30(37(51)43(33)4)20-25-21-38-27-12-6-5-11-26(25)27/h5-6,8,10-12,14,16-18,21,23,28-30,33,38H,3,7,9,13,15,19-20,22H2,1-2,4H3,(H4-,39,40,41,42,46,47,48,49,50)/p+1. The van der Waals surface area contributed by atoms with Crippen LogP contribution < -0.4 is 25.7 Å². The topological polar surface area (TPSA) is 182 Å². The number of hydrogen-bond acceptors (Lipinski definition) is 6. The maximum Gasteiger partial charge on any atom is 0.286 e. The first-order valence-electron chi connectivity index (χ1n) is 17.2. The highest BCUT2D eigenvalue weighted by Crippen LogP contribution is 2.21. The summed E-state index contributed by atoms with van der Waals surface area (Å²) in [6.07, 6.45) is 9.00. The number of nitrogens with zero attached hydrogens (tertiary/aromatic N) is 3. The number of unbranched alkanes of at least 4 members (excludes halogenated alkanes) is 1. The number of aromatic amines is 1. The lowest BCUT2D eigenvalue weighted by molar-refractivity contribution is -0.510. The van der Waals surface area contributed by atoms with Crippen LogP contribution in [0.2, 0.25) is 0 Å². The molecule has 1 aliphatic rings. The molecule has 6 N–H and O–H groups in total. The van der Waals surface area contributed by atoms with E-state index in [-0.39, 0.29) is 30.9 Å². The van der Waals surface area contributed by atoms with Gasteiger partial charge in [0.25, 0.3) is 5.65 Å². The van der Waals surface area contributed by atoms with Crippen LogP contribution in [-0.4, -0.2) is 86.9 Å².